The molecule has 1 heterocycles. The van der Waals surface area contributed by atoms with E-state index in [1.807, 2.05) is 12.1 Å². The van der Waals surface area contributed by atoms with Crippen molar-refractivity contribution in [1.29, 1.82) is 0 Å². The number of amides is 1. The third-order valence-electron chi connectivity index (χ3n) is 3.83. The first-order valence-electron chi connectivity index (χ1n) is 7.96. The maximum atomic E-state index is 12.5. The van der Waals surface area contributed by atoms with Crippen molar-refractivity contribution >= 4 is 33.5 Å². The number of nitrogens with zero attached hydrogens (tertiary/aromatic N) is 2. The van der Waals surface area contributed by atoms with Crippen molar-refractivity contribution in [3.63, 3.8) is 0 Å². The minimum Gasteiger partial charge on any atom is -0.496 e. The fraction of sp³-hybridized carbons (Fsp3) is 0.118. The molecule has 0 atom stereocenters. The van der Waals surface area contributed by atoms with Gasteiger partial charge in [-0.2, -0.15) is 4.98 Å². The van der Waals surface area contributed by atoms with Crippen molar-refractivity contribution in [1.82, 2.24) is 19.9 Å². The first kappa shape index (κ1) is 19.8. The van der Waals surface area contributed by atoms with Crippen LogP contribution in [0.4, 0.5) is 5.95 Å². The summed E-state index contributed by atoms with van der Waals surface area (Å²) in [5.41, 5.74) is 0.639. The lowest BCUT2D eigenvalue weighted by atomic mass is 10.2. The number of benzene rings is 2. The molecule has 1 aromatic heterocycles. The number of hydrogen-bond acceptors (Lipinski definition) is 6. The molecule has 0 aliphatic rings. The third kappa shape index (κ3) is 3.98. The van der Waals surface area contributed by atoms with Gasteiger partial charge in [0.1, 0.15) is 5.75 Å². The number of carbonyl (C=O) groups excluding carboxylic acids is 1. The molecule has 0 saturated heterocycles. The summed E-state index contributed by atoms with van der Waals surface area (Å²) in [6.07, 6.45) is 0. The van der Waals surface area contributed by atoms with Crippen molar-refractivity contribution in [2.45, 2.75) is 4.90 Å². The van der Waals surface area contributed by atoms with Crippen molar-refractivity contribution in [2.75, 3.05) is 19.5 Å². The van der Waals surface area contributed by atoms with Crippen LogP contribution in [0.1, 0.15) is 10.4 Å². The van der Waals surface area contributed by atoms with Crippen LogP contribution in [0.2, 0.25) is 5.02 Å². The number of anilines is 1. The Morgan fingerprint density at radius 2 is 1.96 bits per heavy atom. The number of ether oxygens (including phenoxy) is 1. The maximum absolute atomic E-state index is 12.5. The van der Waals surface area contributed by atoms with E-state index in [-0.39, 0.29) is 21.4 Å². The Hall–Kier alpha value is -2.95. The van der Waals surface area contributed by atoms with Crippen molar-refractivity contribution in [3.05, 3.63) is 53.1 Å². The van der Waals surface area contributed by atoms with Gasteiger partial charge < -0.3 is 4.74 Å². The molecule has 0 bridgehead atoms. The highest BCUT2D eigenvalue weighted by Crippen LogP contribution is 2.27. The summed E-state index contributed by atoms with van der Waals surface area (Å²) in [5.74, 6) is 0.336. The van der Waals surface area contributed by atoms with E-state index in [1.165, 1.54) is 32.4 Å². The molecule has 0 spiro atoms. The van der Waals surface area contributed by atoms with Gasteiger partial charge in [0.25, 0.3) is 5.91 Å². The first-order chi connectivity index (χ1) is 13.4. The molecule has 3 rings (SSSR count). The van der Waals surface area contributed by atoms with Crippen molar-refractivity contribution in [3.8, 4) is 17.1 Å². The molecule has 0 unspecified atom stereocenters. The van der Waals surface area contributed by atoms with Crippen LogP contribution in [0.5, 0.6) is 5.75 Å². The zero-order chi connectivity index (χ0) is 20.3. The number of rotatable bonds is 6. The molecule has 146 valence electrons. The number of carbonyl (C=O) groups is 1. The summed E-state index contributed by atoms with van der Waals surface area (Å²) in [6, 6.07) is 11.0. The Morgan fingerprint density at radius 1 is 1.21 bits per heavy atom. The largest absolute Gasteiger partial charge is 0.496 e. The van der Waals surface area contributed by atoms with Gasteiger partial charge in [0.2, 0.25) is 16.0 Å². The summed E-state index contributed by atoms with van der Waals surface area (Å²) in [6.45, 7) is 0. The minimum absolute atomic E-state index is 0.00356. The van der Waals surface area contributed by atoms with Gasteiger partial charge in [-0.15, -0.1) is 5.10 Å². The Balaban J connectivity index is 1.87. The number of para-hydroxylation sites is 1. The summed E-state index contributed by atoms with van der Waals surface area (Å²) in [5, 5.41) is 9.25. The van der Waals surface area contributed by atoms with Gasteiger partial charge in [-0.1, -0.05) is 23.7 Å². The molecule has 0 radical (unpaired) electrons. The second-order valence-electron chi connectivity index (χ2n) is 5.51. The minimum atomic E-state index is -3.72. The van der Waals surface area contributed by atoms with E-state index < -0.39 is 15.9 Å². The van der Waals surface area contributed by atoms with E-state index in [4.69, 9.17) is 16.3 Å². The average Bonchev–Trinajstić information content (AvgIpc) is 3.16. The topological polar surface area (TPSA) is 126 Å². The van der Waals surface area contributed by atoms with Gasteiger partial charge in [0.05, 0.1) is 28.2 Å². The summed E-state index contributed by atoms with van der Waals surface area (Å²) in [7, 11) is -0.915. The Labute approximate surface area is 166 Å². The average molecular weight is 422 g/mol. The van der Waals surface area contributed by atoms with Gasteiger partial charge in [-0.25, -0.2) is 13.1 Å². The number of nitrogens with one attached hydrogen (secondary N) is 3. The molecule has 0 aliphatic carbocycles. The van der Waals surface area contributed by atoms with Crippen molar-refractivity contribution in [2.24, 2.45) is 0 Å². The van der Waals surface area contributed by atoms with Crippen LogP contribution in [0.15, 0.2) is 47.4 Å². The van der Waals surface area contributed by atoms with Crippen LogP contribution in [0, 0.1) is 0 Å². The fourth-order valence-corrected chi connectivity index (χ4v) is 3.37. The molecule has 0 fully saturated rings. The number of halogens is 1. The number of aromatic amines is 1. The molecular weight excluding hydrogens is 406 g/mol. The predicted octanol–water partition coefficient (Wildman–Crippen LogP) is 2.29. The van der Waals surface area contributed by atoms with Crippen LogP contribution in [0.25, 0.3) is 11.4 Å². The normalized spacial score (nSPS) is 11.2. The lowest BCUT2D eigenvalue weighted by Gasteiger charge is -2.07. The molecule has 0 aliphatic heterocycles. The first-order valence-corrected chi connectivity index (χ1v) is 9.82. The van der Waals surface area contributed by atoms with Crippen LogP contribution < -0.4 is 14.8 Å². The van der Waals surface area contributed by atoms with Crippen molar-refractivity contribution < 1.29 is 17.9 Å². The Morgan fingerprint density at radius 3 is 2.68 bits per heavy atom. The smallest absolute Gasteiger partial charge is 0.259 e. The van der Waals surface area contributed by atoms with E-state index in [1.54, 1.807) is 12.1 Å². The van der Waals surface area contributed by atoms with Gasteiger partial charge >= 0.3 is 0 Å². The van der Waals surface area contributed by atoms with E-state index in [0.717, 1.165) is 0 Å². The number of sulfonamides is 1. The van der Waals surface area contributed by atoms with E-state index in [2.05, 4.69) is 25.2 Å². The SMILES string of the molecule is CNS(=O)(=O)c1ccc(Cl)c(C(=O)Nc2n[nH]c(-c3ccccc3OC)n2)c1. The van der Waals surface area contributed by atoms with Gasteiger partial charge in [0.15, 0.2) is 5.82 Å². The zero-order valence-corrected chi connectivity index (χ0v) is 16.4. The maximum Gasteiger partial charge on any atom is 0.259 e. The standard InChI is InChI=1S/C17H16ClN5O4S/c1-19-28(25,26)10-7-8-13(18)12(9-10)16(24)21-17-20-15(22-23-17)11-5-3-4-6-14(11)27-2/h3-9,19H,1-2H3,(H2,20,21,22,23,24). The molecule has 11 heteroatoms. The Bertz CT molecular complexity index is 1130. The second kappa shape index (κ2) is 7.97. The molecule has 2 aromatic carbocycles. The van der Waals surface area contributed by atoms with E-state index >= 15 is 0 Å². The van der Waals surface area contributed by atoms with Crippen LogP contribution in [-0.4, -0.2) is 43.7 Å². The van der Waals surface area contributed by atoms with Crippen LogP contribution in [0.3, 0.4) is 0 Å². The van der Waals surface area contributed by atoms with Gasteiger partial charge in [-0.05, 0) is 37.4 Å². The highest BCUT2D eigenvalue weighted by atomic mass is 35.5. The number of hydrogen-bond donors (Lipinski definition) is 3. The third-order valence-corrected chi connectivity index (χ3v) is 5.58. The molecule has 28 heavy (non-hydrogen) atoms. The van der Waals surface area contributed by atoms with Crippen LogP contribution >= 0.6 is 11.6 Å². The number of methoxy groups -OCH3 is 1. The molecule has 1 amide bonds. The Kier molecular flexibility index (Phi) is 5.63. The highest BCUT2D eigenvalue weighted by molar-refractivity contribution is 7.89. The number of H-pyrrole nitrogens is 1. The molecule has 3 N–H and O–H groups in total. The lowest BCUT2D eigenvalue weighted by Crippen LogP contribution is -2.20. The lowest BCUT2D eigenvalue weighted by molar-refractivity contribution is 0.102. The van der Waals surface area contributed by atoms with E-state index in [9.17, 15) is 13.2 Å². The van der Waals surface area contributed by atoms with E-state index in [0.29, 0.717) is 17.1 Å². The molecule has 0 saturated carbocycles. The fourth-order valence-electron chi connectivity index (χ4n) is 2.41. The highest BCUT2D eigenvalue weighted by Gasteiger charge is 2.19. The molecular formula is C17H16ClN5O4S. The summed E-state index contributed by atoms with van der Waals surface area (Å²) >= 11 is 6.05. The molecule has 3 aromatic rings. The van der Waals surface area contributed by atoms with Gasteiger partial charge in [-0.3, -0.25) is 15.2 Å². The molecule has 9 nitrogen and oxygen atoms in total. The summed E-state index contributed by atoms with van der Waals surface area (Å²) < 4.78 is 31.3. The van der Waals surface area contributed by atoms with Gasteiger partial charge in [0, 0.05) is 0 Å². The number of aromatic nitrogens is 3. The van der Waals surface area contributed by atoms with Crippen LogP contribution in [-0.2, 0) is 10.0 Å². The zero-order valence-electron chi connectivity index (χ0n) is 14.9. The quantitative estimate of drug-likeness (QED) is 0.560. The monoisotopic (exact) mass is 421 g/mol. The second-order valence-corrected chi connectivity index (χ2v) is 7.80. The predicted molar refractivity (Wildman–Crippen MR) is 104 cm³/mol. The summed E-state index contributed by atoms with van der Waals surface area (Å²) in [4.78, 5) is 16.7.